The molecule has 132 valence electrons. The van der Waals surface area contributed by atoms with Crippen molar-refractivity contribution in [3.05, 3.63) is 71.8 Å². The van der Waals surface area contributed by atoms with Gasteiger partial charge in [-0.05, 0) is 17.7 Å². The van der Waals surface area contributed by atoms with Gasteiger partial charge in [-0.3, -0.25) is 0 Å². The van der Waals surface area contributed by atoms with Crippen LogP contribution in [-0.2, 0) is 20.8 Å². The van der Waals surface area contributed by atoms with E-state index in [9.17, 15) is 9.90 Å². The van der Waals surface area contributed by atoms with Gasteiger partial charge < -0.3 is 19.3 Å². The second-order valence-corrected chi connectivity index (χ2v) is 6.00. The second-order valence-electron chi connectivity index (χ2n) is 6.00. The van der Waals surface area contributed by atoms with E-state index in [1.807, 2.05) is 36.4 Å². The van der Waals surface area contributed by atoms with Crippen LogP contribution >= 0.6 is 0 Å². The summed E-state index contributed by atoms with van der Waals surface area (Å²) in [5.74, 6) is -0.435. The Morgan fingerprint density at radius 3 is 2.48 bits per heavy atom. The van der Waals surface area contributed by atoms with Crippen LogP contribution in [0.2, 0.25) is 0 Å². The number of esters is 1. The molecule has 5 heteroatoms. The molecule has 2 aromatic carbocycles. The highest BCUT2D eigenvalue weighted by Gasteiger charge is 2.35. The number of rotatable bonds is 6. The first-order valence-corrected chi connectivity index (χ1v) is 8.41. The lowest BCUT2D eigenvalue weighted by atomic mass is 10.0. The highest BCUT2D eigenvalue weighted by molar-refractivity contribution is 5.89. The molecule has 1 N–H and O–H groups in total. The zero-order valence-electron chi connectivity index (χ0n) is 13.9. The highest BCUT2D eigenvalue weighted by atomic mass is 16.6. The zero-order chi connectivity index (χ0) is 17.5. The van der Waals surface area contributed by atoms with Gasteiger partial charge in [0.15, 0.2) is 0 Å². The first-order valence-electron chi connectivity index (χ1n) is 8.41. The summed E-state index contributed by atoms with van der Waals surface area (Å²) in [6.45, 7) is 1.11. The Kier molecular flexibility index (Phi) is 6.17. The Labute approximate surface area is 147 Å². The summed E-state index contributed by atoms with van der Waals surface area (Å²) in [6.07, 6.45) is -1.54. The third-order valence-electron chi connectivity index (χ3n) is 4.16. The lowest BCUT2D eigenvalue weighted by Gasteiger charge is -2.34. The van der Waals surface area contributed by atoms with Gasteiger partial charge in [0.2, 0.25) is 0 Å². The maximum Gasteiger partial charge on any atom is 0.338 e. The molecule has 3 rings (SSSR count). The van der Waals surface area contributed by atoms with Gasteiger partial charge in [0, 0.05) is 6.42 Å². The molecule has 0 saturated carbocycles. The summed E-state index contributed by atoms with van der Waals surface area (Å²) < 4.78 is 16.7. The zero-order valence-corrected chi connectivity index (χ0v) is 13.9. The molecule has 25 heavy (non-hydrogen) atoms. The van der Waals surface area contributed by atoms with E-state index in [-0.39, 0.29) is 6.61 Å². The molecular formula is C20H22O5. The van der Waals surface area contributed by atoms with E-state index < -0.39 is 24.3 Å². The van der Waals surface area contributed by atoms with Crippen LogP contribution < -0.4 is 0 Å². The van der Waals surface area contributed by atoms with Crippen molar-refractivity contribution in [2.75, 3.05) is 13.2 Å². The Morgan fingerprint density at radius 2 is 1.76 bits per heavy atom. The van der Waals surface area contributed by atoms with E-state index in [1.54, 1.807) is 24.3 Å². The van der Waals surface area contributed by atoms with Gasteiger partial charge in [-0.15, -0.1) is 0 Å². The van der Waals surface area contributed by atoms with Crippen molar-refractivity contribution >= 4 is 5.97 Å². The fourth-order valence-electron chi connectivity index (χ4n) is 2.77. The first kappa shape index (κ1) is 17.6. The average molecular weight is 342 g/mol. The molecule has 3 atom stereocenters. The van der Waals surface area contributed by atoms with Crippen molar-refractivity contribution in [2.24, 2.45) is 0 Å². The van der Waals surface area contributed by atoms with Crippen molar-refractivity contribution in [2.45, 2.75) is 31.3 Å². The summed E-state index contributed by atoms with van der Waals surface area (Å²) in [5, 5.41) is 10.4. The van der Waals surface area contributed by atoms with Crippen LogP contribution in [0.5, 0.6) is 0 Å². The van der Waals surface area contributed by atoms with E-state index in [0.717, 1.165) is 5.56 Å². The monoisotopic (exact) mass is 342 g/mol. The van der Waals surface area contributed by atoms with Crippen molar-refractivity contribution < 1.29 is 24.1 Å². The lowest BCUT2D eigenvalue weighted by Crippen LogP contribution is -2.48. The summed E-state index contributed by atoms with van der Waals surface area (Å²) in [4.78, 5) is 12.2. The van der Waals surface area contributed by atoms with Gasteiger partial charge in [0.1, 0.15) is 18.3 Å². The van der Waals surface area contributed by atoms with Crippen LogP contribution in [-0.4, -0.2) is 42.6 Å². The Balaban J connectivity index is 1.50. The van der Waals surface area contributed by atoms with Crippen molar-refractivity contribution in [1.82, 2.24) is 0 Å². The van der Waals surface area contributed by atoms with Crippen LogP contribution in [0.25, 0.3) is 0 Å². The minimum Gasteiger partial charge on any atom is -0.456 e. The predicted molar refractivity (Wildman–Crippen MR) is 92.1 cm³/mol. The SMILES string of the molecule is O=C(O[C@@H]1CCO[C@H](COCc2ccccc2)[C@H]1O)c1ccccc1. The molecule has 1 saturated heterocycles. The predicted octanol–water partition coefficient (Wildman–Crippen LogP) is 2.58. The maximum atomic E-state index is 12.2. The fraction of sp³-hybridized carbons (Fsp3) is 0.350. The van der Waals surface area contributed by atoms with Gasteiger partial charge >= 0.3 is 5.97 Å². The molecule has 1 heterocycles. The van der Waals surface area contributed by atoms with Gasteiger partial charge in [0.05, 0.1) is 25.4 Å². The summed E-state index contributed by atoms with van der Waals surface area (Å²) >= 11 is 0. The van der Waals surface area contributed by atoms with E-state index >= 15 is 0 Å². The molecule has 0 spiro atoms. The average Bonchev–Trinajstić information content (AvgIpc) is 2.66. The molecule has 5 nitrogen and oxygen atoms in total. The van der Waals surface area contributed by atoms with E-state index in [1.165, 1.54) is 0 Å². The number of hydrogen-bond donors (Lipinski definition) is 1. The van der Waals surface area contributed by atoms with Crippen LogP contribution in [0.3, 0.4) is 0 Å². The molecule has 0 unspecified atom stereocenters. The molecule has 0 radical (unpaired) electrons. The molecule has 0 bridgehead atoms. The number of hydrogen-bond acceptors (Lipinski definition) is 5. The number of aliphatic hydroxyl groups is 1. The van der Waals surface area contributed by atoms with Crippen LogP contribution in [0.15, 0.2) is 60.7 Å². The number of carbonyl (C=O) groups is 1. The Morgan fingerprint density at radius 1 is 1.08 bits per heavy atom. The molecular weight excluding hydrogens is 320 g/mol. The van der Waals surface area contributed by atoms with Gasteiger partial charge in [-0.25, -0.2) is 4.79 Å². The standard InChI is InChI=1S/C20H22O5/c21-19-17(25-20(22)16-9-5-2-6-10-16)11-12-24-18(19)14-23-13-15-7-3-1-4-8-15/h1-10,17-19,21H,11-14H2/t17-,18-,19+/m1/s1. The highest BCUT2D eigenvalue weighted by Crippen LogP contribution is 2.20. The Bertz CT molecular complexity index is 658. The molecule has 2 aromatic rings. The minimum atomic E-state index is -0.905. The fourth-order valence-corrected chi connectivity index (χ4v) is 2.77. The van der Waals surface area contributed by atoms with Gasteiger partial charge in [0.25, 0.3) is 0 Å². The van der Waals surface area contributed by atoms with Crippen molar-refractivity contribution in [3.8, 4) is 0 Å². The largest absolute Gasteiger partial charge is 0.456 e. The third-order valence-corrected chi connectivity index (χ3v) is 4.16. The van der Waals surface area contributed by atoms with Crippen LogP contribution in [0.4, 0.5) is 0 Å². The first-order chi connectivity index (χ1) is 12.2. The van der Waals surface area contributed by atoms with E-state index in [2.05, 4.69) is 0 Å². The summed E-state index contributed by atoms with van der Waals surface area (Å²) in [5.41, 5.74) is 1.53. The van der Waals surface area contributed by atoms with Crippen molar-refractivity contribution in [1.29, 1.82) is 0 Å². The van der Waals surface area contributed by atoms with Gasteiger partial charge in [-0.1, -0.05) is 48.5 Å². The quantitative estimate of drug-likeness (QED) is 0.818. The number of aliphatic hydroxyl groups excluding tert-OH is 1. The molecule has 0 amide bonds. The number of benzene rings is 2. The van der Waals surface area contributed by atoms with E-state index in [0.29, 0.717) is 25.2 Å². The van der Waals surface area contributed by atoms with Crippen LogP contribution in [0, 0.1) is 0 Å². The maximum absolute atomic E-state index is 12.2. The third kappa shape index (κ3) is 4.89. The summed E-state index contributed by atoms with van der Waals surface area (Å²) in [7, 11) is 0. The number of carbonyl (C=O) groups excluding carboxylic acids is 1. The molecule has 0 aliphatic carbocycles. The topological polar surface area (TPSA) is 65.0 Å². The summed E-state index contributed by atoms with van der Waals surface area (Å²) in [6, 6.07) is 18.6. The lowest BCUT2D eigenvalue weighted by molar-refractivity contribution is -0.158. The van der Waals surface area contributed by atoms with E-state index in [4.69, 9.17) is 14.2 Å². The van der Waals surface area contributed by atoms with Crippen molar-refractivity contribution in [3.63, 3.8) is 0 Å². The number of ether oxygens (including phenoxy) is 3. The Hall–Kier alpha value is -2.21. The van der Waals surface area contributed by atoms with Gasteiger partial charge in [-0.2, -0.15) is 0 Å². The molecule has 1 aliphatic rings. The smallest absolute Gasteiger partial charge is 0.338 e. The molecule has 1 fully saturated rings. The molecule has 1 aliphatic heterocycles. The normalized spacial score (nSPS) is 23.2. The van der Waals surface area contributed by atoms with Crippen LogP contribution in [0.1, 0.15) is 22.3 Å². The second kappa shape index (κ2) is 8.76. The molecule has 0 aromatic heterocycles. The minimum absolute atomic E-state index is 0.245.